The molecule has 1 aliphatic rings. The van der Waals surface area contributed by atoms with Crippen LogP contribution in [0.4, 0.5) is 0 Å². The van der Waals surface area contributed by atoms with Crippen molar-refractivity contribution in [3.8, 4) is 11.3 Å². The summed E-state index contributed by atoms with van der Waals surface area (Å²) >= 11 is 0. The molecule has 27 heavy (non-hydrogen) atoms. The van der Waals surface area contributed by atoms with Gasteiger partial charge in [-0.2, -0.15) is 5.10 Å². The molecule has 4 rings (SSSR count). The Bertz CT molecular complexity index is 964. The third-order valence-corrected chi connectivity index (χ3v) is 5.17. The van der Waals surface area contributed by atoms with Crippen LogP contribution in [0.2, 0.25) is 0 Å². The summed E-state index contributed by atoms with van der Waals surface area (Å²) in [6.45, 7) is 5.37. The summed E-state index contributed by atoms with van der Waals surface area (Å²) in [4.78, 5) is 24.1. The van der Waals surface area contributed by atoms with Gasteiger partial charge in [0.05, 0.1) is 23.1 Å². The Morgan fingerprint density at radius 3 is 2.85 bits per heavy atom. The molecular weight excluding hydrogens is 338 g/mol. The van der Waals surface area contributed by atoms with Crippen molar-refractivity contribution < 1.29 is 4.79 Å². The number of benzene rings is 1. The number of piperidine rings is 1. The van der Waals surface area contributed by atoms with E-state index in [1.165, 1.54) is 5.56 Å². The number of carbonyl (C=O) groups excluding carboxylic acids is 1. The van der Waals surface area contributed by atoms with Crippen LogP contribution in [-0.2, 0) is 0 Å². The number of nitrogens with zero attached hydrogens (tertiary/aromatic N) is 4. The van der Waals surface area contributed by atoms with Gasteiger partial charge in [-0.15, -0.1) is 0 Å². The van der Waals surface area contributed by atoms with E-state index in [0.29, 0.717) is 12.1 Å². The van der Waals surface area contributed by atoms with Crippen LogP contribution in [0.15, 0.2) is 42.9 Å². The summed E-state index contributed by atoms with van der Waals surface area (Å²) < 4.78 is 0. The lowest BCUT2D eigenvalue weighted by Gasteiger charge is -2.33. The smallest absolute Gasteiger partial charge is 0.257 e. The minimum absolute atomic E-state index is 0.0342. The second kappa shape index (κ2) is 7.31. The Morgan fingerprint density at radius 1 is 1.22 bits per heavy atom. The number of carbonyl (C=O) groups is 1. The SMILES string of the molecule is Cc1cccc(-c2nccnc2[C@@H]2CCCN(C(=O)c3cn[nH]c3C)C2)c1. The molecule has 3 heterocycles. The number of hydrogen-bond acceptors (Lipinski definition) is 4. The normalized spacial score (nSPS) is 17.1. The van der Waals surface area contributed by atoms with Crippen LogP contribution in [0.3, 0.4) is 0 Å². The van der Waals surface area contributed by atoms with E-state index in [9.17, 15) is 4.79 Å². The molecule has 1 fully saturated rings. The molecule has 0 bridgehead atoms. The predicted molar refractivity (Wildman–Crippen MR) is 103 cm³/mol. The molecular formula is C21H23N5O. The molecule has 1 aliphatic heterocycles. The van der Waals surface area contributed by atoms with Gasteiger partial charge in [0.15, 0.2) is 0 Å². The minimum atomic E-state index is 0.0342. The number of nitrogens with one attached hydrogen (secondary N) is 1. The van der Waals surface area contributed by atoms with Gasteiger partial charge in [-0.25, -0.2) is 0 Å². The number of aryl methyl sites for hydroxylation is 2. The summed E-state index contributed by atoms with van der Waals surface area (Å²) in [5.74, 6) is 0.214. The average molecular weight is 361 g/mol. The van der Waals surface area contributed by atoms with E-state index < -0.39 is 0 Å². The van der Waals surface area contributed by atoms with E-state index in [1.54, 1.807) is 18.6 Å². The van der Waals surface area contributed by atoms with Gasteiger partial charge in [-0.05, 0) is 32.8 Å². The number of H-pyrrole nitrogens is 1. The second-order valence-electron chi connectivity index (χ2n) is 7.16. The fraction of sp³-hybridized carbons (Fsp3) is 0.333. The van der Waals surface area contributed by atoms with Gasteiger partial charge < -0.3 is 4.90 Å². The van der Waals surface area contributed by atoms with Crippen LogP contribution in [-0.4, -0.2) is 44.1 Å². The van der Waals surface area contributed by atoms with Gasteiger partial charge in [0.25, 0.3) is 5.91 Å². The lowest BCUT2D eigenvalue weighted by atomic mass is 9.91. The third-order valence-electron chi connectivity index (χ3n) is 5.17. The number of likely N-dealkylation sites (tertiary alicyclic amines) is 1. The van der Waals surface area contributed by atoms with Crippen molar-refractivity contribution in [1.82, 2.24) is 25.1 Å². The molecule has 1 aromatic carbocycles. The Balaban J connectivity index is 1.63. The largest absolute Gasteiger partial charge is 0.338 e. The molecule has 0 saturated carbocycles. The monoisotopic (exact) mass is 361 g/mol. The quantitative estimate of drug-likeness (QED) is 0.775. The first-order valence-electron chi connectivity index (χ1n) is 9.30. The highest BCUT2D eigenvalue weighted by molar-refractivity contribution is 5.95. The van der Waals surface area contributed by atoms with Crippen molar-refractivity contribution in [2.75, 3.05) is 13.1 Å². The van der Waals surface area contributed by atoms with E-state index in [0.717, 1.165) is 42.0 Å². The van der Waals surface area contributed by atoms with Crippen molar-refractivity contribution >= 4 is 5.91 Å². The van der Waals surface area contributed by atoms with Crippen LogP contribution in [0.25, 0.3) is 11.3 Å². The lowest BCUT2D eigenvalue weighted by Crippen LogP contribution is -2.39. The summed E-state index contributed by atoms with van der Waals surface area (Å²) in [5, 5.41) is 6.83. The Labute approximate surface area is 158 Å². The Morgan fingerprint density at radius 2 is 2.07 bits per heavy atom. The lowest BCUT2D eigenvalue weighted by molar-refractivity contribution is 0.0705. The maximum Gasteiger partial charge on any atom is 0.257 e. The number of rotatable bonds is 3. The van der Waals surface area contributed by atoms with Crippen molar-refractivity contribution in [2.45, 2.75) is 32.6 Å². The summed E-state index contributed by atoms with van der Waals surface area (Å²) in [7, 11) is 0. The van der Waals surface area contributed by atoms with Crippen molar-refractivity contribution in [2.24, 2.45) is 0 Å². The Hall–Kier alpha value is -3.02. The average Bonchev–Trinajstić information content (AvgIpc) is 3.13. The van der Waals surface area contributed by atoms with Crippen molar-refractivity contribution in [3.05, 3.63) is 65.4 Å². The molecule has 6 nitrogen and oxygen atoms in total. The highest BCUT2D eigenvalue weighted by atomic mass is 16.2. The molecule has 2 aromatic heterocycles. The van der Waals surface area contributed by atoms with Crippen molar-refractivity contribution in [3.63, 3.8) is 0 Å². The van der Waals surface area contributed by atoms with Crippen LogP contribution < -0.4 is 0 Å². The van der Waals surface area contributed by atoms with Gasteiger partial charge in [0.2, 0.25) is 0 Å². The fourth-order valence-corrected chi connectivity index (χ4v) is 3.78. The molecule has 0 radical (unpaired) electrons. The van der Waals surface area contributed by atoms with Gasteiger partial charge >= 0.3 is 0 Å². The summed E-state index contributed by atoms with van der Waals surface area (Å²) in [6, 6.07) is 8.32. The molecule has 0 unspecified atom stereocenters. The van der Waals surface area contributed by atoms with E-state index in [2.05, 4.69) is 45.3 Å². The fourth-order valence-electron chi connectivity index (χ4n) is 3.78. The highest BCUT2D eigenvalue weighted by Gasteiger charge is 2.29. The number of hydrogen-bond donors (Lipinski definition) is 1. The molecule has 1 N–H and O–H groups in total. The van der Waals surface area contributed by atoms with Crippen LogP contribution in [0.5, 0.6) is 0 Å². The minimum Gasteiger partial charge on any atom is -0.338 e. The first-order valence-corrected chi connectivity index (χ1v) is 9.30. The molecule has 138 valence electrons. The van der Waals surface area contributed by atoms with Crippen LogP contribution in [0, 0.1) is 13.8 Å². The second-order valence-corrected chi connectivity index (χ2v) is 7.16. The van der Waals surface area contributed by atoms with E-state index in [-0.39, 0.29) is 11.8 Å². The van der Waals surface area contributed by atoms with E-state index in [1.807, 2.05) is 17.9 Å². The Kier molecular flexibility index (Phi) is 4.71. The molecule has 1 amide bonds. The summed E-state index contributed by atoms with van der Waals surface area (Å²) in [5.41, 5.74) is 5.62. The molecule has 0 spiro atoms. The molecule has 1 atom stereocenters. The first-order chi connectivity index (χ1) is 13.1. The van der Waals surface area contributed by atoms with E-state index >= 15 is 0 Å². The van der Waals surface area contributed by atoms with Gasteiger partial charge in [0, 0.05) is 42.7 Å². The maximum atomic E-state index is 12.9. The molecule has 0 aliphatic carbocycles. The molecule has 6 heteroatoms. The van der Waals surface area contributed by atoms with E-state index in [4.69, 9.17) is 0 Å². The zero-order valence-electron chi connectivity index (χ0n) is 15.6. The summed E-state index contributed by atoms with van der Waals surface area (Å²) in [6.07, 6.45) is 7.06. The predicted octanol–water partition coefficient (Wildman–Crippen LogP) is 3.50. The standard InChI is InChI=1S/C21H23N5O/c1-14-5-3-6-16(11-14)19-20(23-9-8-22-19)17-7-4-10-26(13-17)21(27)18-12-24-25-15(18)2/h3,5-6,8-9,11-12,17H,4,7,10,13H2,1-2H3,(H,24,25)/t17-/m1/s1. The number of amides is 1. The zero-order chi connectivity index (χ0) is 18.8. The van der Waals surface area contributed by atoms with Gasteiger partial charge in [0.1, 0.15) is 0 Å². The number of aromatic nitrogens is 4. The molecule has 1 saturated heterocycles. The third kappa shape index (κ3) is 3.47. The maximum absolute atomic E-state index is 12.9. The van der Waals surface area contributed by atoms with Crippen LogP contribution in [0.1, 0.15) is 46.1 Å². The highest BCUT2D eigenvalue weighted by Crippen LogP contribution is 2.32. The van der Waals surface area contributed by atoms with Gasteiger partial charge in [-0.1, -0.05) is 23.8 Å². The van der Waals surface area contributed by atoms with Crippen molar-refractivity contribution in [1.29, 1.82) is 0 Å². The molecule has 3 aromatic rings. The zero-order valence-corrected chi connectivity index (χ0v) is 15.6. The first kappa shape index (κ1) is 17.4. The topological polar surface area (TPSA) is 74.8 Å². The van der Waals surface area contributed by atoms with Crippen LogP contribution >= 0.6 is 0 Å². The number of aromatic amines is 1. The van der Waals surface area contributed by atoms with Gasteiger partial charge in [-0.3, -0.25) is 19.9 Å².